The standard InChI is InChI=1S/C24H20ClN3O4/c1-31-19-9-4-3-8-17(19)21-22(27-15-10-11-20(32-2)18(25)13-15)24(30)28(23(21)29)14-16-7-5-6-12-26-16/h3-13,27H,14H2,1-2H3. The first-order chi connectivity index (χ1) is 15.5. The van der Waals surface area contributed by atoms with Crippen LogP contribution in [0.2, 0.25) is 5.02 Å². The van der Waals surface area contributed by atoms with E-state index in [1.807, 2.05) is 0 Å². The maximum Gasteiger partial charge on any atom is 0.278 e. The van der Waals surface area contributed by atoms with Crippen molar-refractivity contribution in [3.8, 4) is 11.5 Å². The largest absolute Gasteiger partial charge is 0.496 e. The quantitative estimate of drug-likeness (QED) is 0.546. The highest BCUT2D eigenvalue weighted by Gasteiger charge is 2.40. The predicted octanol–water partition coefficient (Wildman–Crippen LogP) is 4.14. The third kappa shape index (κ3) is 4.02. The lowest BCUT2D eigenvalue weighted by molar-refractivity contribution is -0.137. The van der Waals surface area contributed by atoms with Gasteiger partial charge in [0.25, 0.3) is 11.8 Å². The maximum absolute atomic E-state index is 13.4. The van der Waals surface area contributed by atoms with Crippen LogP contribution >= 0.6 is 11.6 Å². The van der Waals surface area contributed by atoms with E-state index in [1.54, 1.807) is 66.9 Å². The number of aromatic nitrogens is 1. The number of carbonyl (C=O) groups excluding carboxylic acids is 2. The lowest BCUT2D eigenvalue weighted by Gasteiger charge is -2.15. The molecule has 0 spiro atoms. The van der Waals surface area contributed by atoms with E-state index < -0.39 is 11.8 Å². The van der Waals surface area contributed by atoms with Gasteiger partial charge in [-0.1, -0.05) is 35.9 Å². The number of imide groups is 1. The molecule has 2 amide bonds. The normalized spacial score (nSPS) is 13.5. The van der Waals surface area contributed by atoms with Gasteiger partial charge in [0.15, 0.2) is 0 Å². The van der Waals surface area contributed by atoms with E-state index >= 15 is 0 Å². The van der Waals surface area contributed by atoms with Gasteiger partial charge in [0.05, 0.1) is 37.1 Å². The number of nitrogens with zero attached hydrogens (tertiary/aromatic N) is 2. The van der Waals surface area contributed by atoms with Crippen molar-refractivity contribution in [1.82, 2.24) is 9.88 Å². The lowest BCUT2D eigenvalue weighted by atomic mass is 10.0. The van der Waals surface area contributed by atoms with Crippen molar-refractivity contribution in [2.75, 3.05) is 19.5 Å². The Morgan fingerprint density at radius 1 is 0.938 bits per heavy atom. The summed E-state index contributed by atoms with van der Waals surface area (Å²) in [4.78, 5) is 32.2. The Morgan fingerprint density at radius 3 is 2.38 bits per heavy atom. The van der Waals surface area contributed by atoms with Gasteiger partial charge in [-0.05, 0) is 36.4 Å². The second kappa shape index (κ2) is 9.11. The first kappa shape index (κ1) is 21.4. The number of hydrogen-bond donors (Lipinski definition) is 1. The van der Waals surface area contributed by atoms with Crippen LogP contribution in [0.3, 0.4) is 0 Å². The summed E-state index contributed by atoms with van der Waals surface area (Å²) >= 11 is 6.25. The first-order valence-corrected chi connectivity index (χ1v) is 10.2. The van der Waals surface area contributed by atoms with E-state index in [9.17, 15) is 9.59 Å². The van der Waals surface area contributed by atoms with Crippen LogP contribution < -0.4 is 14.8 Å². The zero-order valence-corrected chi connectivity index (χ0v) is 18.2. The number of ether oxygens (including phenoxy) is 2. The molecule has 0 unspecified atom stereocenters. The SMILES string of the molecule is COc1ccc(NC2=C(c3ccccc3OC)C(=O)N(Cc3ccccn3)C2=O)cc1Cl. The molecule has 1 aliphatic heterocycles. The van der Waals surface area contributed by atoms with E-state index in [0.29, 0.717) is 33.5 Å². The Morgan fingerprint density at radius 2 is 1.69 bits per heavy atom. The fraction of sp³-hybridized carbons (Fsp3) is 0.125. The molecule has 1 aromatic heterocycles. The number of rotatable bonds is 7. The molecule has 4 rings (SSSR count). The van der Waals surface area contributed by atoms with Crippen LogP contribution in [0.1, 0.15) is 11.3 Å². The molecule has 0 bridgehead atoms. The van der Waals surface area contributed by atoms with Crippen molar-refractivity contribution in [1.29, 1.82) is 0 Å². The number of hydrogen-bond acceptors (Lipinski definition) is 6. The molecule has 0 saturated heterocycles. The van der Waals surface area contributed by atoms with Crippen molar-refractivity contribution in [2.45, 2.75) is 6.54 Å². The molecule has 2 aromatic carbocycles. The van der Waals surface area contributed by atoms with E-state index in [1.165, 1.54) is 14.2 Å². The minimum atomic E-state index is -0.464. The maximum atomic E-state index is 13.4. The highest BCUT2D eigenvalue weighted by Crippen LogP contribution is 2.36. The van der Waals surface area contributed by atoms with Gasteiger partial charge in [0.1, 0.15) is 17.2 Å². The van der Waals surface area contributed by atoms with Gasteiger partial charge in [-0.25, -0.2) is 0 Å². The number of carbonyl (C=O) groups is 2. The summed E-state index contributed by atoms with van der Waals surface area (Å²) in [6, 6.07) is 17.4. The summed E-state index contributed by atoms with van der Waals surface area (Å²) in [5.74, 6) is 0.0814. The molecule has 1 aliphatic rings. The van der Waals surface area contributed by atoms with Crippen LogP contribution in [-0.2, 0) is 16.1 Å². The molecule has 8 heteroatoms. The van der Waals surface area contributed by atoms with Crippen molar-refractivity contribution >= 4 is 34.7 Å². The van der Waals surface area contributed by atoms with E-state index in [2.05, 4.69) is 10.3 Å². The molecule has 2 heterocycles. The van der Waals surface area contributed by atoms with Crippen LogP contribution in [0.5, 0.6) is 11.5 Å². The summed E-state index contributed by atoms with van der Waals surface area (Å²) in [6.07, 6.45) is 1.62. The Hall–Kier alpha value is -3.84. The van der Waals surface area contributed by atoms with Crippen molar-refractivity contribution in [3.63, 3.8) is 0 Å². The average Bonchev–Trinajstić information content (AvgIpc) is 3.04. The fourth-order valence-corrected chi connectivity index (χ4v) is 3.74. The van der Waals surface area contributed by atoms with Crippen LogP contribution in [0.4, 0.5) is 5.69 Å². The van der Waals surface area contributed by atoms with Gasteiger partial charge in [-0.3, -0.25) is 19.5 Å². The topological polar surface area (TPSA) is 80.8 Å². The third-order valence-electron chi connectivity index (χ3n) is 5.01. The van der Waals surface area contributed by atoms with Gasteiger partial charge in [0.2, 0.25) is 0 Å². The molecule has 162 valence electrons. The number of pyridine rings is 1. The zero-order chi connectivity index (χ0) is 22.7. The lowest BCUT2D eigenvalue weighted by Crippen LogP contribution is -2.32. The smallest absolute Gasteiger partial charge is 0.278 e. The van der Waals surface area contributed by atoms with Gasteiger partial charge in [-0.2, -0.15) is 0 Å². The molecular weight excluding hydrogens is 430 g/mol. The minimum Gasteiger partial charge on any atom is -0.496 e. The minimum absolute atomic E-state index is 0.0473. The molecule has 1 N–H and O–H groups in total. The summed E-state index contributed by atoms with van der Waals surface area (Å²) < 4.78 is 10.6. The summed E-state index contributed by atoms with van der Waals surface area (Å²) in [7, 11) is 3.04. The third-order valence-corrected chi connectivity index (χ3v) is 5.31. The number of anilines is 1. The van der Waals surface area contributed by atoms with E-state index in [4.69, 9.17) is 21.1 Å². The Labute approximate surface area is 190 Å². The molecule has 0 fully saturated rings. The average molecular weight is 450 g/mol. The molecule has 7 nitrogen and oxygen atoms in total. The van der Waals surface area contributed by atoms with Crippen molar-refractivity contribution in [2.24, 2.45) is 0 Å². The molecule has 3 aromatic rings. The summed E-state index contributed by atoms with van der Waals surface area (Å²) in [6.45, 7) is 0.0473. The fourth-order valence-electron chi connectivity index (χ4n) is 3.48. The Balaban J connectivity index is 1.78. The number of benzene rings is 2. The van der Waals surface area contributed by atoms with Crippen LogP contribution in [0.25, 0.3) is 5.57 Å². The number of para-hydroxylation sites is 1. The Bertz CT molecular complexity index is 1210. The van der Waals surface area contributed by atoms with Gasteiger partial charge >= 0.3 is 0 Å². The number of nitrogens with one attached hydrogen (secondary N) is 1. The molecule has 0 radical (unpaired) electrons. The highest BCUT2D eigenvalue weighted by molar-refractivity contribution is 6.37. The molecule has 0 atom stereocenters. The van der Waals surface area contributed by atoms with Crippen LogP contribution in [0.15, 0.2) is 72.6 Å². The Kier molecular flexibility index (Phi) is 6.09. The van der Waals surface area contributed by atoms with Crippen LogP contribution in [0, 0.1) is 0 Å². The second-order valence-electron chi connectivity index (χ2n) is 6.94. The molecule has 0 saturated carbocycles. The predicted molar refractivity (Wildman–Crippen MR) is 121 cm³/mol. The van der Waals surface area contributed by atoms with Gasteiger partial charge in [-0.15, -0.1) is 0 Å². The molecule has 32 heavy (non-hydrogen) atoms. The van der Waals surface area contributed by atoms with Crippen LogP contribution in [-0.4, -0.2) is 35.9 Å². The number of amides is 2. The molecule has 0 aliphatic carbocycles. The monoisotopic (exact) mass is 449 g/mol. The number of halogens is 1. The first-order valence-electron chi connectivity index (χ1n) is 9.77. The number of methoxy groups -OCH3 is 2. The van der Waals surface area contributed by atoms with E-state index in [-0.39, 0.29) is 17.8 Å². The van der Waals surface area contributed by atoms with Crippen molar-refractivity contribution < 1.29 is 19.1 Å². The molecular formula is C24H20ClN3O4. The van der Waals surface area contributed by atoms with Gasteiger partial charge < -0.3 is 14.8 Å². The summed E-state index contributed by atoms with van der Waals surface area (Å²) in [5.41, 5.74) is 2.01. The van der Waals surface area contributed by atoms with Crippen molar-refractivity contribution in [3.05, 3.63) is 88.8 Å². The highest BCUT2D eigenvalue weighted by atomic mass is 35.5. The zero-order valence-electron chi connectivity index (χ0n) is 17.5. The second-order valence-corrected chi connectivity index (χ2v) is 7.35. The van der Waals surface area contributed by atoms with E-state index in [0.717, 1.165) is 4.90 Å². The summed E-state index contributed by atoms with van der Waals surface area (Å²) in [5, 5.41) is 3.45. The van der Waals surface area contributed by atoms with Gasteiger partial charge in [0, 0.05) is 17.4 Å².